The first-order valence-corrected chi connectivity index (χ1v) is 8.82. The highest BCUT2D eigenvalue weighted by molar-refractivity contribution is 5.96. The molecule has 1 unspecified atom stereocenters. The van der Waals surface area contributed by atoms with Crippen LogP contribution in [0, 0.1) is 10.8 Å². The van der Waals surface area contributed by atoms with Gasteiger partial charge in [-0.1, -0.05) is 30.3 Å². The first-order valence-electron chi connectivity index (χ1n) is 8.82. The summed E-state index contributed by atoms with van der Waals surface area (Å²) in [5, 5.41) is 12.2. The molecular weight excluding hydrogens is 320 g/mol. The standard InChI is InChI=1S/C19H22N2O4/c22-15-14(9-13-5-2-1-3-6-13)21(8-4-7-20-15)16(23)18-10-19(11-18,12-18)17(24)25/h1-3,5-6,14H,4,7-12H2,(H,20,22)(H,24,25). The van der Waals surface area contributed by atoms with Crippen LogP contribution in [0.4, 0.5) is 0 Å². The van der Waals surface area contributed by atoms with Gasteiger partial charge in [0.25, 0.3) is 0 Å². The molecule has 1 saturated heterocycles. The zero-order valence-corrected chi connectivity index (χ0v) is 14.0. The minimum absolute atomic E-state index is 0.0337. The molecule has 6 heteroatoms. The Morgan fingerprint density at radius 2 is 1.84 bits per heavy atom. The predicted octanol–water partition coefficient (Wildman–Crippen LogP) is 1.20. The van der Waals surface area contributed by atoms with E-state index in [1.807, 2.05) is 30.3 Å². The maximum atomic E-state index is 13.2. The third kappa shape index (κ3) is 2.42. The van der Waals surface area contributed by atoms with Crippen LogP contribution in [-0.2, 0) is 20.8 Å². The lowest BCUT2D eigenvalue weighted by atomic mass is 9.34. The first kappa shape index (κ1) is 16.1. The lowest BCUT2D eigenvalue weighted by molar-refractivity contribution is -0.227. The summed E-state index contributed by atoms with van der Waals surface area (Å²) in [6.07, 6.45) is 2.47. The van der Waals surface area contributed by atoms with Gasteiger partial charge in [-0.3, -0.25) is 14.4 Å². The fourth-order valence-electron chi connectivity index (χ4n) is 4.71. The van der Waals surface area contributed by atoms with Crippen LogP contribution < -0.4 is 5.32 Å². The van der Waals surface area contributed by atoms with Gasteiger partial charge in [-0.2, -0.15) is 0 Å². The summed E-state index contributed by atoms with van der Waals surface area (Å²) < 4.78 is 0. The Bertz CT molecular complexity index is 710. The number of rotatable bonds is 4. The fraction of sp³-hybridized carbons (Fsp3) is 0.526. The molecule has 25 heavy (non-hydrogen) atoms. The molecule has 2 N–H and O–H groups in total. The van der Waals surface area contributed by atoms with E-state index in [9.17, 15) is 19.5 Å². The maximum absolute atomic E-state index is 13.2. The number of benzene rings is 1. The Morgan fingerprint density at radius 3 is 2.48 bits per heavy atom. The van der Waals surface area contributed by atoms with E-state index < -0.39 is 22.8 Å². The molecule has 6 nitrogen and oxygen atoms in total. The second-order valence-electron chi connectivity index (χ2n) is 7.74. The smallest absolute Gasteiger partial charge is 0.309 e. The number of carboxylic acid groups (broad SMARTS) is 1. The van der Waals surface area contributed by atoms with E-state index in [4.69, 9.17) is 0 Å². The van der Waals surface area contributed by atoms with Crippen LogP contribution in [0.3, 0.4) is 0 Å². The number of carboxylic acids is 1. The zero-order chi connectivity index (χ0) is 17.7. The Hall–Kier alpha value is -2.37. The van der Waals surface area contributed by atoms with Crippen molar-refractivity contribution in [3.63, 3.8) is 0 Å². The van der Waals surface area contributed by atoms with E-state index in [1.54, 1.807) is 4.90 Å². The molecule has 0 radical (unpaired) electrons. The van der Waals surface area contributed by atoms with E-state index in [2.05, 4.69) is 5.32 Å². The van der Waals surface area contributed by atoms with Crippen LogP contribution in [0.2, 0.25) is 0 Å². The van der Waals surface area contributed by atoms with Crippen molar-refractivity contribution in [3.05, 3.63) is 35.9 Å². The van der Waals surface area contributed by atoms with Crippen molar-refractivity contribution < 1.29 is 19.5 Å². The number of aliphatic carboxylic acids is 1. The normalized spacial score (nSPS) is 33.5. The molecule has 1 heterocycles. The van der Waals surface area contributed by atoms with Crippen molar-refractivity contribution in [2.45, 2.75) is 38.1 Å². The Labute approximate surface area is 146 Å². The van der Waals surface area contributed by atoms with Gasteiger partial charge in [-0.15, -0.1) is 0 Å². The number of hydrogen-bond acceptors (Lipinski definition) is 3. The maximum Gasteiger partial charge on any atom is 0.309 e. The van der Waals surface area contributed by atoms with E-state index >= 15 is 0 Å². The summed E-state index contributed by atoms with van der Waals surface area (Å²) in [4.78, 5) is 38.7. The van der Waals surface area contributed by atoms with Gasteiger partial charge in [0.05, 0.1) is 10.8 Å². The third-order valence-electron chi connectivity index (χ3n) is 6.02. The van der Waals surface area contributed by atoms with E-state index in [0.29, 0.717) is 38.8 Å². The third-order valence-corrected chi connectivity index (χ3v) is 6.02. The van der Waals surface area contributed by atoms with Gasteiger partial charge < -0.3 is 15.3 Å². The summed E-state index contributed by atoms with van der Waals surface area (Å²) in [6, 6.07) is 9.17. The molecule has 2 bridgehead atoms. The Balaban J connectivity index is 1.54. The highest BCUT2D eigenvalue weighted by Gasteiger charge is 2.76. The molecule has 5 rings (SSSR count). The molecular formula is C19H22N2O4. The van der Waals surface area contributed by atoms with Crippen molar-refractivity contribution in [2.75, 3.05) is 13.1 Å². The number of nitrogens with zero attached hydrogens (tertiary/aromatic N) is 1. The van der Waals surface area contributed by atoms with Gasteiger partial charge in [0.15, 0.2) is 0 Å². The lowest BCUT2D eigenvalue weighted by Gasteiger charge is -2.67. The number of nitrogens with one attached hydrogen (secondary N) is 1. The van der Waals surface area contributed by atoms with Crippen LogP contribution in [0.15, 0.2) is 30.3 Å². The summed E-state index contributed by atoms with van der Waals surface area (Å²) in [7, 11) is 0. The molecule has 0 aromatic heterocycles. The van der Waals surface area contributed by atoms with Crippen LogP contribution in [0.25, 0.3) is 0 Å². The highest BCUT2D eigenvalue weighted by atomic mass is 16.4. The molecule has 1 atom stereocenters. The molecule has 2 amide bonds. The molecule has 1 aliphatic heterocycles. The average Bonchev–Trinajstić information content (AvgIpc) is 2.68. The lowest BCUT2D eigenvalue weighted by Crippen LogP contribution is -2.72. The molecule has 1 aromatic rings. The molecule has 3 aliphatic carbocycles. The summed E-state index contributed by atoms with van der Waals surface area (Å²) in [6.45, 7) is 1.11. The quantitative estimate of drug-likeness (QED) is 0.861. The predicted molar refractivity (Wildman–Crippen MR) is 89.6 cm³/mol. The highest BCUT2D eigenvalue weighted by Crippen LogP contribution is 2.74. The van der Waals surface area contributed by atoms with Crippen molar-refractivity contribution in [3.8, 4) is 0 Å². The van der Waals surface area contributed by atoms with Crippen LogP contribution in [-0.4, -0.2) is 46.9 Å². The van der Waals surface area contributed by atoms with E-state index in [1.165, 1.54) is 0 Å². The molecule has 3 saturated carbocycles. The largest absolute Gasteiger partial charge is 0.481 e. The van der Waals surface area contributed by atoms with E-state index in [-0.39, 0.29) is 11.8 Å². The van der Waals surface area contributed by atoms with Crippen molar-refractivity contribution in [2.24, 2.45) is 10.8 Å². The topological polar surface area (TPSA) is 86.7 Å². The van der Waals surface area contributed by atoms with Crippen LogP contribution >= 0.6 is 0 Å². The van der Waals surface area contributed by atoms with E-state index in [0.717, 1.165) is 12.0 Å². The second kappa shape index (κ2) is 5.58. The summed E-state index contributed by atoms with van der Waals surface area (Å²) in [5.74, 6) is -0.945. The zero-order valence-electron chi connectivity index (χ0n) is 14.0. The van der Waals surface area contributed by atoms with Gasteiger partial charge in [0.1, 0.15) is 6.04 Å². The number of hydrogen-bond donors (Lipinski definition) is 2. The molecule has 1 aromatic carbocycles. The number of carbonyl (C=O) groups excluding carboxylic acids is 2. The van der Waals surface area contributed by atoms with Crippen molar-refractivity contribution in [1.82, 2.24) is 10.2 Å². The summed E-state index contributed by atoms with van der Waals surface area (Å²) >= 11 is 0. The molecule has 4 aliphatic rings. The molecule has 132 valence electrons. The number of carbonyl (C=O) groups is 3. The van der Waals surface area contributed by atoms with Gasteiger partial charge in [0, 0.05) is 19.5 Å². The van der Waals surface area contributed by atoms with Gasteiger partial charge in [-0.25, -0.2) is 0 Å². The van der Waals surface area contributed by atoms with Crippen LogP contribution in [0.1, 0.15) is 31.2 Å². The minimum Gasteiger partial charge on any atom is -0.481 e. The summed E-state index contributed by atoms with van der Waals surface area (Å²) in [5.41, 5.74) is -0.210. The second-order valence-corrected chi connectivity index (χ2v) is 7.74. The van der Waals surface area contributed by atoms with Crippen molar-refractivity contribution >= 4 is 17.8 Å². The fourth-order valence-corrected chi connectivity index (χ4v) is 4.71. The van der Waals surface area contributed by atoms with Gasteiger partial charge in [0.2, 0.25) is 11.8 Å². The number of amides is 2. The first-order chi connectivity index (χ1) is 12.0. The molecule has 4 fully saturated rings. The SMILES string of the molecule is O=C1NCCCN(C(=O)C23CC(C(=O)O)(C2)C3)C1Cc1ccccc1. The average molecular weight is 342 g/mol. The minimum atomic E-state index is -0.795. The van der Waals surface area contributed by atoms with Crippen molar-refractivity contribution in [1.29, 1.82) is 0 Å². The Morgan fingerprint density at radius 1 is 1.16 bits per heavy atom. The monoisotopic (exact) mass is 342 g/mol. The van der Waals surface area contributed by atoms with Gasteiger partial charge >= 0.3 is 5.97 Å². The Kier molecular flexibility index (Phi) is 3.60. The molecule has 0 spiro atoms. The van der Waals surface area contributed by atoms with Gasteiger partial charge in [-0.05, 0) is 31.2 Å². The van der Waals surface area contributed by atoms with Crippen LogP contribution in [0.5, 0.6) is 0 Å².